The van der Waals surface area contributed by atoms with Crippen LogP contribution < -0.4 is 4.90 Å². The van der Waals surface area contributed by atoms with Gasteiger partial charge in [0.1, 0.15) is 5.75 Å². The number of aromatic amines is 1. The largest absolute Gasteiger partial charge is 0.507 e. The van der Waals surface area contributed by atoms with Crippen LogP contribution in [0.3, 0.4) is 0 Å². The zero-order valence-electron chi connectivity index (χ0n) is 16.2. The van der Waals surface area contributed by atoms with E-state index in [0.29, 0.717) is 0 Å². The number of aryl methyl sites for hydroxylation is 1. The number of anilines is 1. The standard InChI is InChI=1S/C25H20N2O2/c1-15-7-10-17(11-8-15)27(2)25(29)21-13-16-9-12-19-18-5-3-4-6-22(18)26-24(19)20(16)14-23(21)28/h3-14,26,28H,1-2H3. The van der Waals surface area contributed by atoms with Gasteiger partial charge in [-0.25, -0.2) is 0 Å². The lowest BCUT2D eigenvalue weighted by Crippen LogP contribution is -2.26. The van der Waals surface area contributed by atoms with E-state index in [2.05, 4.69) is 17.1 Å². The molecule has 4 nitrogen and oxygen atoms in total. The molecule has 142 valence electrons. The Hall–Kier alpha value is -3.79. The van der Waals surface area contributed by atoms with E-state index in [9.17, 15) is 9.90 Å². The molecule has 0 aliphatic carbocycles. The summed E-state index contributed by atoms with van der Waals surface area (Å²) in [7, 11) is 1.72. The van der Waals surface area contributed by atoms with Crippen molar-refractivity contribution in [2.75, 3.05) is 11.9 Å². The molecule has 0 unspecified atom stereocenters. The van der Waals surface area contributed by atoms with Gasteiger partial charge in [-0.05, 0) is 42.6 Å². The minimum absolute atomic E-state index is 0.0207. The number of nitrogens with zero attached hydrogens (tertiary/aromatic N) is 1. The van der Waals surface area contributed by atoms with E-state index in [4.69, 9.17) is 0 Å². The number of hydrogen-bond acceptors (Lipinski definition) is 2. The second-order valence-electron chi connectivity index (χ2n) is 7.45. The summed E-state index contributed by atoms with van der Waals surface area (Å²) in [5, 5.41) is 14.7. The molecule has 0 fully saturated rings. The Labute approximate surface area is 168 Å². The number of amides is 1. The normalized spacial score (nSPS) is 11.4. The Kier molecular flexibility index (Phi) is 3.81. The van der Waals surface area contributed by atoms with Crippen molar-refractivity contribution in [1.82, 2.24) is 4.98 Å². The smallest absolute Gasteiger partial charge is 0.261 e. The summed E-state index contributed by atoms with van der Waals surface area (Å²) in [5.74, 6) is -0.266. The molecule has 1 amide bonds. The first-order chi connectivity index (χ1) is 14.0. The van der Waals surface area contributed by atoms with Crippen molar-refractivity contribution >= 4 is 44.2 Å². The molecule has 0 aliphatic rings. The molecule has 29 heavy (non-hydrogen) atoms. The molecule has 0 saturated heterocycles. The third-order valence-corrected chi connectivity index (χ3v) is 5.57. The van der Waals surface area contributed by atoms with E-state index in [1.54, 1.807) is 24.1 Å². The van der Waals surface area contributed by atoms with Crippen LogP contribution in [-0.2, 0) is 0 Å². The molecule has 4 heteroatoms. The zero-order valence-corrected chi connectivity index (χ0v) is 16.2. The molecule has 2 N–H and O–H groups in total. The minimum atomic E-state index is -0.245. The summed E-state index contributed by atoms with van der Waals surface area (Å²) in [6, 6.07) is 23.4. The third-order valence-electron chi connectivity index (χ3n) is 5.57. The van der Waals surface area contributed by atoms with Crippen molar-refractivity contribution in [2.45, 2.75) is 6.92 Å². The van der Waals surface area contributed by atoms with Gasteiger partial charge in [0.15, 0.2) is 0 Å². The maximum atomic E-state index is 13.1. The van der Waals surface area contributed by atoms with Crippen LogP contribution in [0.2, 0.25) is 0 Å². The monoisotopic (exact) mass is 380 g/mol. The van der Waals surface area contributed by atoms with Crippen LogP contribution in [0.15, 0.2) is 72.8 Å². The Morgan fingerprint density at radius 2 is 1.66 bits per heavy atom. The van der Waals surface area contributed by atoms with Gasteiger partial charge < -0.3 is 15.0 Å². The number of aromatic hydroxyl groups is 1. The van der Waals surface area contributed by atoms with Crippen LogP contribution >= 0.6 is 0 Å². The maximum absolute atomic E-state index is 13.1. The molecular formula is C25H20N2O2. The SMILES string of the molecule is Cc1ccc(N(C)C(=O)c2cc3ccc4c5ccccc5[nH]c4c3cc2O)cc1. The van der Waals surface area contributed by atoms with E-state index in [0.717, 1.165) is 43.8 Å². The minimum Gasteiger partial charge on any atom is -0.507 e. The summed E-state index contributed by atoms with van der Waals surface area (Å²) in [4.78, 5) is 18.1. The Bertz CT molecular complexity index is 1400. The molecule has 0 aliphatic heterocycles. The number of nitrogens with one attached hydrogen (secondary N) is 1. The highest BCUT2D eigenvalue weighted by molar-refractivity contribution is 6.19. The lowest BCUT2D eigenvalue weighted by molar-refractivity contribution is 0.0990. The van der Waals surface area contributed by atoms with Gasteiger partial charge >= 0.3 is 0 Å². The molecule has 0 spiro atoms. The van der Waals surface area contributed by atoms with Crippen LogP contribution in [0.25, 0.3) is 32.6 Å². The van der Waals surface area contributed by atoms with E-state index in [1.165, 1.54) is 0 Å². The van der Waals surface area contributed by atoms with Crippen LogP contribution in [0.5, 0.6) is 5.75 Å². The van der Waals surface area contributed by atoms with E-state index < -0.39 is 0 Å². The van der Waals surface area contributed by atoms with E-state index in [-0.39, 0.29) is 17.2 Å². The van der Waals surface area contributed by atoms with Crippen molar-refractivity contribution in [3.8, 4) is 5.75 Å². The van der Waals surface area contributed by atoms with Crippen molar-refractivity contribution < 1.29 is 9.90 Å². The second kappa shape index (κ2) is 6.38. The maximum Gasteiger partial charge on any atom is 0.261 e. The zero-order chi connectivity index (χ0) is 20.1. The molecule has 0 bridgehead atoms. The first-order valence-corrected chi connectivity index (χ1v) is 9.54. The number of hydrogen-bond donors (Lipinski definition) is 2. The van der Waals surface area contributed by atoms with Gasteiger partial charge in [0.25, 0.3) is 5.91 Å². The lowest BCUT2D eigenvalue weighted by atomic mass is 10.0. The van der Waals surface area contributed by atoms with Gasteiger partial charge in [0.2, 0.25) is 0 Å². The molecule has 5 aromatic rings. The Balaban J connectivity index is 1.64. The summed E-state index contributed by atoms with van der Waals surface area (Å²) in [5.41, 5.74) is 4.21. The number of fused-ring (bicyclic) bond motifs is 5. The van der Waals surface area contributed by atoms with Gasteiger partial charge in [-0.1, -0.05) is 48.0 Å². The second-order valence-corrected chi connectivity index (χ2v) is 7.45. The average Bonchev–Trinajstić information content (AvgIpc) is 3.12. The fourth-order valence-corrected chi connectivity index (χ4v) is 3.92. The number of carbonyl (C=O) groups is 1. The fraction of sp³-hybridized carbons (Fsp3) is 0.0800. The van der Waals surface area contributed by atoms with Gasteiger partial charge in [0.05, 0.1) is 11.1 Å². The van der Waals surface area contributed by atoms with Gasteiger partial charge in [-0.2, -0.15) is 0 Å². The average molecular weight is 380 g/mol. The highest BCUT2D eigenvalue weighted by atomic mass is 16.3. The number of para-hydroxylation sites is 1. The van der Waals surface area contributed by atoms with Crippen molar-refractivity contribution in [2.24, 2.45) is 0 Å². The molecule has 4 aromatic carbocycles. The van der Waals surface area contributed by atoms with Crippen molar-refractivity contribution in [3.63, 3.8) is 0 Å². The third kappa shape index (κ3) is 2.72. The van der Waals surface area contributed by atoms with Crippen molar-refractivity contribution in [3.05, 3.63) is 83.9 Å². The van der Waals surface area contributed by atoms with Crippen LogP contribution in [0.4, 0.5) is 5.69 Å². The first kappa shape index (κ1) is 17.3. The highest BCUT2D eigenvalue weighted by Crippen LogP contribution is 2.35. The van der Waals surface area contributed by atoms with Crippen LogP contribution in [0, 0.1) is 6.92 Å². The quantitative estimate of drug-likeness (QED) is 0.409. The topological polar surface area (TPSA) is 56.3 Å². The van der Waals surface area contributed by atoms with Crippen molar-refractivity contribution in [1.29, 1.82) is 0 Å². The molecule has 1 heterocycles. The number of carbonyl (C=O) groups excluding carboxylic acids is 1. The van der Waals surface area contributed by atoms with Gasteiger partial charge in [-0.3, -0.25) is 4.79 Å². The molecule has 0 atom stereocenters. The van der Waals surface area contributed by atoms with Crippen LogP contribution in [0.1, 0.15) is 15.9 Å². The number of aromatic nitrogens is 1. The highest BCUT2D eigenvalue weighted by Gasteiger charge is 2.19. The lowest BCUT2D eigenvalue weighted by Gasteiger charge is -2.18. The molecule has 0 saturated carbocycles. The molecular weight excluding hydrogens is 360 g/mol. The summed E-state index contributed by atoms with van der Waals surface area (Å²) in [6.45, 7) is 2.01. The Morgan fingerprint density at radius 1 is 0.897 bits per heavy atom. The first-order valence-electron chi connectivity index (χ1n) is 9.54. The molecule has 0 radical (unpaired) electrons. The number of phenolic OH excluding ortho intramolecular Hbond substituents is 1. The molecule has 5 rings (SSSR count). The number of H-pyrrole nitrogens is 1. The summed E-state index contributed by atoms with van der Waals surface area (Å²) < 4.78 is 0. The van der Waals surface area contributed by atoms with Crippen LogP contribution in [-0.4, -0.2) is 23.0 Å². The fourth-order valence-electron chi connectivity index (χ4n) is 3.92. The number of phenols is 1. The number of rotatable bonds is 2. The Morgan fingerprint density at radius 3 is 2.45 bits per heavy atom. The van der Waals surface area contributed by atoms with E-state index in [1.807, 2.05) is 55.5 Å². The van der Waals surface area contributed by atoms with E-state index >= 15 is 0 Å². The van der Waals surface area contributed by atoms with Gasteiger partial charge in [-0.15, -0.1) is 0 Å². The predicted octanol–water partition coefficient (Wildman–Crippen LogP) is 5.76. The number of benzene rings is 4. The van der Waals surface area contributed by atoms with Gasteiger partial charge in [0, 0.05) is 34.4 Å². The summed E-state index contributed by atoms with van der Waals surface area (Å²) in [6.07, 6.45) is 0. The molecule has 1 aromatic heterocycles. The predicted molar refractivity (Wildman–Crippen MR) is 119 cm³/mol. The summed E-state index contributed by atoms with van der Waals surface area (Å²) >= 11 is 0.